The van der Waals surface area contributed by atoms with Crippen LogP contribution in [0.5, 0.6) is 0 Å². The number of amides is 1. The summed E-state index contributed by atoms with van der Waals surface area (Å²) >= 11 is 7.55. The molecule has 0 fully saturated rings. The normalized spacial score (nSPS) is 10.8. The Bertz CT molecular complexity index is 873. The highest BCUT2D eigenvalue weighted by molar-refractivity contribution is 7.99. The van der Waals surface area contributed by atoms with Crippen LogP contribution in [0.15, 0.2) is 53.0 Å². The van der Waals surface area contributed by atoms with Crippen molar-refractivity contribution in [2.75, 3.05) is 5.32 Å². The predicted molar refractivity (Wildman–Crippen MR) is 94.6 cm³/mol. The van der Waals surface area contributed by atoms with Gasteiger partial charge in [0.25, 0.3) is 5.91 Å². The average Bonchev–Trinajstić information content (AvgIpc) is 3.19. The van der Waals surface area contributed by atoms with Crippen molar-refractivity contribution < 1.29 is 4.79 Å². The van der Waals surface area contributed by atoms with Gasteiger partial charge < -0.3 is 9.88 Å². The first-order chi connectivity index (χ1) is 11.6. The molecule has 0 aliphatic rings. The third-order valence-electron chi connectivity index (χ3n) is 3.39. The van der Waals surface area contributed by atoms with Crippen molar-refractivity contribution in [3.05, 3.63) is 53.6 Å². The number of aromatic nitrogens is 4. The molecule has 0 saturated heterocycles. The van der Waals surface area contributed by atoms with E-state index >= 15 is 0 Å². The largest absolute Gasteiger partial charge is 0.329 e. The minimum atomic E-state index is -0.223. The number of hydrogen-bond acceptors (Lipinski definition) is 4. The highest BCUT2D eigenvalue weighted by Gasteiger charge is 2.14. The van der Waals surface area contributed by atoms with E-state index in [4.69, 9.17) is 11.6 Å². The van der Waals surface area contributed by atoms with E-state index in [-0.39, 0.29) is 5.91 Å². The van der Waals surface area contributed by atoms with Crippen LogP contribution in [-0.2, 0) is 13.6 Å². The summed E-state index contributed by atoms with van der Waals surface area (Å²) in [6, 6.07) is 5.39. The molecular formula is C16H16ClN5OS. The van der Waals surface area contributed by atoms with E-state index in [1.165, 1.54) is 11.8 Å². The second kappa shape index (κ2) is 7.11. The van der Waals surface area contributed by atoms with E-state index in [0.717, 1.165) is 10.1 Å². The monoisotopic (exact) mass is 361 g/mol. The zero-order valence-electron chi connectivity index (χ0n) is 13.2. The summed E-state index contributed by atoms with van der Waals surface area (Å²) in [5.74, 6) is -0.223. The average molecular weight is 362 g/mol. The summed E-state index contributed by atoms with van der Waals surface area (Å²) in [6.45, 7) is 2.68. The van der Waals surface area contributed by atoms with Gasteiger partial charge in [0.2, 0.25) is 0 Å². The molecule has 2 heterocycles. The van der Waals surface area contributed by atoms with Crippen LogP contribution >= 0.6 is 23.4 Å². The van der Waals surface area contributed by atoms with Gasteiger partial charge in [-0.15, -0.1) is 0 Å². The number of anilines is 1. The Labute approximate surface area is 148 Å². The number of carbonyl (C=O) groups is 1. The topological polar surface area (TPSA) is 64.7 Å². The molecule has 124 valence electrons. The third kappa shape index (κ3) is 3.63. The number of nitrogens with one attached hydrogen (secondary N) is 1. The summed E-state index contributed by atoms with van der Waals surface area (Å²) < 4.78 is 3.62. The first-order valence-electron chi connectivity index (χ1n) is 7.35. The van der Waals surface area contributed by atoms with Crippen molar-refractivity contribution in [1.29, 1.82) is 0 Å². The molecular weight excluding hydrogens is 346 g/mol. The maximum atomic E-state index is 12.4. The Morgan fingerprint density at radius 3 is 2.92 bits per heavy atom. The zero-order chi connectivity index (χ0) is 17.1. The summed E-state index contributed by atoms with van der Waals surface area (Å²) in [6.07, 6.45) is 6.87. The van der Waals surface area contributed by atoms with Crippen molar-refractivity contribution in [3.63, 3.8) is 0 Å². The van der Waals surface area contributed by atoms with E-state index in [1.807, 2.05) is 30.8 Å². The number of hydrogen-bond donors (Lipinski definition) is 1. The summed E-state index contributed by atoms with van der Waals surface area (Å²) in [5.41, 5.74) is 1.15. The molecule has 0 saturated carbocycles. The Kier molecular flexibility index (Phi) is 4.92. The Hall–Kier alpha value is -2.25. The van der Waals surface area contributed by atoms with Gasteiger partial charge in [-0.25, -0.2) is 4.98 Å². The predicted octanol–water partition coefficient (Wildman–Crippen LogP) is 3.69. The molecule has 0 aliphatic carbocycles. The van der Waals surface area contributed by atoms with E-state index in [2.05, 4.69) is 15.4 Å². The van der Waals surface area contributed by atoms with Crippen LogP contribution < -0.4 is 5.32 Å². The standard InChI is InChI=1S/C16H16ClN5OS/c1-3-22-10-11(9-19-22)15(23)20-13-8-12(17)4-5-14(13)24-16-18-6-7-21(16)2/h4-10H,3H2,1-2H3,(H,20,23). The fourth-order valence-corrected chi connectivity index (χ4v) is 3.13. The van der Waals surface area contributed by atoms with Gasteiger partial charge in [-0.3, -0.25) is 9.48 Å². The highest BCUT2D eigenvalue weighted by atomic mass is 35.5. The van der Waals surface area contributed by atoms with Crippen LogP contribution in [0.25, 0.3) is 0 Å². The highest BCUT2D eigenvalue weighted by Crippen LogP contribution is 2.34. The van der Waals surface area contributed by atoms with Gasteiger partial charge in [0.15, 0.2) is 5.16 Å². The molecule has 6 nitrogen and oxygen atoms in total. The van der Waals surface area contributed by atoms with Crippen molar-refractivity contribution in [2.24, 2.45) is 7.05 Å². The van der Waals surface area contributed by atoms with Crippen LogP contribution in [-0.4, -0.2) is 25.2 Å². The number of rotatable bonds is 5. The van der Waals surface area contributed by atoms with Gasteiger partial charge >= 0.3 is 0 Å². The van der Waals surface area contributed by atoms with E-state index in [1.54, 1.807) is 35.4 Å². The van der Waals surface area contributed by atoms with Crippen molar-refractivity contribution in [2.45, 2.75) is 23.5 Å². The minimum Gasteiger partial charge on any atom is -0.329 e. The SMILES string of the molecule is CCn1cc(C(=O)Nc2cc(Cl)ccc2Sc2nccn2C)cn1. The molecule has 0 spiro atoms. The molecule has 8 heteroatoms. The maximum absolute atomic E-state index is 12.4. The van der Waals surface area contributed by atoms with Gasteiger partial charge in [-0.05, 0) is 36.9 Å². The second-order valence-corrected chi connectivity index (χ2v) is 6.55. The Morgan fingerprint density at radius 2 is 2.25 bits per heavy atom. The fourth-order valence-electron chi connectivity index (χ4n) is 2.09. The molecule has 1 N–H and O–H groups in total. The summed E-state index contributed by atoms with van der Waals surface area (Å²) in [5, 5.41) is 8.40. The fraction of sp³-hybridized carbons (Fsp3) is 0.188. The Morgan fingerprint density at radius 1 is 1.42 bits per heavy atom. The molecule has 1 aromatic carbocycles. The van der Waals surface area contributed by atoms with Crippen LogP contribution in [0.3, 0.4) is 0 Å². The van der Waals surface area contributed by atoms with E-state index in [9.17, 15) is 4.79 Å². The van der Waals surface area contributed by atoms with E-state index in [0.29, 0.717) is 22.8 Å². The number of aryl methyl sites for hydroxylation is 2. The quantitative estimate of drug-likeness (QED) is 0.752. The summed E-state index contributed by atoms with van der Waals surface area (Å²) in [4.78, 5) is 17.6. The van der Waals surface area contributed by atoms with Crippen LogP contribution in [0.4, 0.5) is 5.69 Å². The first kappa shape index (κ1) is 16.6. The lowest BCUT2D eigenvalue weighted by Gasteiger charge is -2.10. The molecule has 1 amide bonds. The molecule has 0 unspecified atom stereocenters. The lowest BCUT2D eigenvalue weighted by molar-refractivity contribution is 0.102. The zero-order valence-corrected chi connectivity index (χ0v) is 14.8. The summed E-state index contributed by atoms with van der Waals surface area (Å²) in [7, 11) is 1.92. The van der Waals surface area contributed by atoms with E-state index < -0.39 is 0 Å². The third-order valence-corrected chi connectivity index (χ3v) is 4.77. The van der Waals surface area contributed by atoms with Crippen LogP contribution in [0.1, 0.15) is 17.3 Å². The molecule has 24 heavy (non-hydrogen) atoms. The molecule has 2 aromatic heterocycles. The minimum absolute atomic E-state index is 0.223. The number of carbonyl (C=O) groups excluding carboxylic acids is 1. The second-order valence-electron chi connectivity index (χ2n) is 5.10. The molecule has 0 bridgehead atoms. The lowest BCUT2D eigenvalue weighted by Crippen LogP contribution is -2.12. The van der Waals surface area contributed by atoms with Crippen molar-refractivity contribution in [1.82, 2.24) is 19.3 Å². The maximum Gasteiger partial charge on any atom is 0.258 e. The van der Waals surface area contributed by atoms with Crippen LogP contribution in [0.2, 0.25) is 5.02 Å². The molecule has 3 aromatic rings. The number of halogens is 1. The molecule has 0 atom stereocenters. The van der Waals surface area contributed by atoms with Crippen molar-refractivity contribution >= 4 is 35.0 Å². The number of benzene rings is 1. The Balaban J connectivity index is 1.85. The smallest absolute Gasteiger partial charge is 0.258 e. The number of imidazole rings is 1. The molecule has 0 radical (unpaired) electrons. The molecule has 0 aliphatic heterocycles. The lowest BCUT2D eigenvalue weighted by atomic mass is 10.3. The van der Waals surface area contributed by atoms with Gasteiger partial charge in [0, 0.05) is 42.1 Å². The van der Waals surface area contributed by atoms with Gasteiger partial charge in [0.05, 0.1) is 17.4 Å². The molecule has 3 rings (SSSR count). The first-order valence-corrected chi connectivity index (χ1v) is 8.55. The van der Waals surface area contributed by atoms with Gasteiger partial charge in [0.1, 0.15) is 0 Å². The number of nitrogens with zero attached hydrogens (tertiary/aromatic N) is 4. The van der Waals surface area contributed by atoms with Crippen molar-refractivity contribution in [3.8, 4) is 0 Å². The van der Waals surface area contributed by atoms with Gasteiger partial charge in [-0.2, -0.15) is 5.10 Å². The van der Waals surface area contributed by atoms with Gasteiger partial charge in [-0.1, -0.05) is 11.6 Å². The van der Waals surface area contributed by atoms with Crippen LogP contribution in [0, 0.1) is 0 Å².